The number of aliphatic hydroxyl groups excluding tert-OH is 1. The highest BCUT2D eigenvalue weighted by molar-refractivity contribution is 14.1. The maximum absolute atomic E-state index is 8.99. The summed E-state index contributed by atoms with van der Waals surface area (Å²) in [6.07, 6.45) is 0. The van der Waals surface area contributed by atoms with Crippen LogP contribution in [0.15, 0.2) is 22.7 Å². The van der Waals surface area contributed by atoms with Crippen molar-refractivity contribution in [1.82, 2.24) is 0 Å². The predicted molar refractivity (Wildman–Crippen MR) is 68.2 cm³/mol. The van der Waals surface area contributed by atoms with E-state index in [4.69, 9.17) is 5.11 Å². The summed E-state index contributed by atoms with van der Waals surface area (Å²) in [5.41, 5.74) is 0. The third kappa shape index (κ3) is 1.91. The van der Waals surface area contributed by atoms with Crippen molar-refractivity contribution in [2.75, 3.05) is 0 Å². The van der Waals surface area contributed by atoms with Gasteiger partial charge in [-0.1, -0.05) is 15.9 Å². The van der Waals surface area contributed by atoms with Crippen LogP contribution in [-0.4, -0.2) is 5.11 Å². The summed E-state index contributed by atoms with van der Waals surface area (Å²) in [7, 11) is 0. The number of hydrogen-bond acceptors (Lipinski definition) is 2. The number of benzene rings is 1. The molecule has 2 aromatic rings. The second-order valence-corrected chi connectivity index (χ2v) is 5.94. The third-order valence-electron chi connectivity index (χ3n) is 1.76. The van der Waals surface area contributed by atoms with Crippen molar-refractivity contribution in [2.24, 2.45) is 0 Å². The lowest BCUT2D eigenvalue weighted by molar-refractivity contribution is 0.285. The number of rotatable bonds is 1. The molecule has 0 fully saturated rings. The van der Waals surface area contributed by atoms with E-state index in [9.17, 15) is 0 Å². The SMILES string of the molecule is OCc1cc2c(Br)cc(I)cc2s1. The van der Waals surface area contributed by atoms with Crippen LogP contribution >= 0.6 is 49.9 Å². The Morgan fingerprint density at radius 3 is 2.85 bits per heavy atom. The molecule has 0 bridgehead atoms. The molecule has 1 heterocycles. The van der Waals surface area contributed by atoms with Crippen LogP contribution in [0.1, 0.15) is 4.88 Å². The molecular weight excluding hydrogens is 363 g/mol. The van der Waals surface area contributed by atoms with E-state index < -0.39 is 0 Å². The van der Waals surface area contributed by atoms with Crippen molar-refractivity contribution < 1.29 is 5.11 Å². The predicted octanol–water partition coefficient (Wildman–Crippen LogP) is 3.76. The van der Waals surface area contributed by atoms with E-state index in [-0.39, 0.29) is 6.61 Å². The van der Waals surface area contributed by atoms with Gasteiger partial charge in [-0.3, -0.25) is 0 Å². The Morgan fingerprint density at radius 1 is 1.38 bits per heavy atom. The third-order valence-corrected chi connectivity index (χ3v) is 4.10. The van der Waals surface area contributed by atoms with Crippen LogP contribution in [-0.2, 0) is 6.61 Å². The fourth-order valence-corrected chi connectivity index (χ4v) is 4.15. The van der Waals surface area contributed by atoms with Gasteiger partial charge < -0.3 is 5.11 Å². The van der Waals surface area contributed by atoms with E-state index in [0.29, 0.717) is 0 Å². The molecular formula is C9H6BrIOS. The fraction of sp³-hybridized carbons (Fsp3) is 0.111. The minimum Gasteiger partial charge on any atom is -0.391 e. The minimum atomic E-state index is 0.127. The number of thiophene rings is 1. The van der Waals surface area contributed by atoms with Gasteiger partial charge in [-0.25, -0.2) is 0 Å². The monoisotopic (exact) mass is 368 g/mol. The zero-order valence-corrected chi connectivity index (χ0v) is 11.1. The van der Waals surface area contributed by atoms with Crippen LogP contribution in [0.2, 0.25) is 0 Å². The Kier molecular flexibility index (Phi) is 2.92. The summed E-state index contributed by atoms with van der Waals surface area (Å²) in [6.45, 7) is 0.127. The first kappa shape index (κ1) is 9.89. The van der Waals surface area contributed by atoms with Crippen LogP contribution in [0.5, 0.6) is 0 Å². The second-order valence-electron chi connectivity index (χ2n) is 2.67. The molecule has 1 aromatic heterocycles. The molecule has 1 nitrogen and oxygen atoms in total. The molecule has 2 rings (SSSR count). The lowest BCUT2D eigenvalue weighted by Crippen LogP contribution is -1.72. The van der Waals surface area contributed by atoms with Gasteiger partial charge in [-0.2, -0.15) is 0 Å². The molecule has 1 N–H and O–H groups in total. The Hall–Kier alpha value is 0.350. The number of halogens is 2. The normalized spacial score (nSPS) is 11.0. The molecule has 0 aliphatic heterocycles. The van der Waals surface area contributed by atoms with Crippen molar-refractivity contribution in [3.05, 3.63) is 31.1 Å². The molecule has 0 aliphatic rings. The van der Waals surface area contributed by atoms with E-state index in [0.717, 1.165) is 9.35 Å². The minimum absolute atomic E-state index is 0.127. The average molecular weight is 369 g/mol. The first-order chi connectivity index (χ1) is 6.20. The molecule has 1 aromatic carbocycles. The van der Waals surface area contributed by atoms with Crippen molar-refractivity contribution >= 4 is 59.9 Å². The Morgan fingerprint density at radius 2 is 2.15 bits per heavy atom. The van der Waals surface area contributed by atoms with Gasteiger partial charge in [0.15, 0.2) is 0 Å². The topological polar surface area (TPSA) is 20.2 Å². The Balaban J connectivity index is 2.75. The lowest BCUT2D eigenvalue weighted by Gasteiger charge is -1.94. The quantitative estimate of drug-likeness (QED) is 0.760. The molecule has 4 heteroatoms. The van der Waals surface area contributed by atoms with Gasteiger partial charge in [0.25, 0.3) is 0 Å². The standard InChI is InChI=1S/C9H6BrIOS/c10-8-1-5(11)2-9-7(8)3-6(4-12)13-9/h1-3,12H,4H2. The van der Waals surface area contributed by atoms with E-state index in [1.807, 2.05) is 6.07 Å². The van der Waals surface area contributed by atoms with E-state index in [1.54, 1.807) is 11.3 Å². The molecule has 0 atom stereocenters. The van der Waals surface area contributed by atoms with Crippen molar-refractivity contribution in [1.29, 1.82) is 0 Å². The zero-order chi connectivity index (χ0) is 9.42. The van der Waals surface area contributed by atoms with E-state index >= 15 is 0 Å². The van der Waals surface area contributed by atoms with Crippen LogP contribution in [0.3, 0.4) is 0 Å². The highest BCUT2D eigenvalue weighted by Crippen LogP contribution is 2.33. The van der Waals surface area contributed by atoms with Gasteiger partial charge in [-0.15, -0.1) is 11.3 Å². The molecule has 0 spiro atoms. The molecule has 0 amide bonds. The Bertz CT molecular complexity index is 452. The molecule has 13 heavy (non-hydrogen) atoms. The first-order valence-corrected chi connectivity index (χ1v) is 6.38. The summed E-state index contributed by atoms with van der Waals surface area (Å²) in [5, 5.41) is 10.2. The maximum atomic E-state index is 8.99. The molecule has 0 saturated carbocycles. The largest absolute Gasteiger partial charge is 0.391 e. The number of fused-ring (bicyclic) bond motifs is 1. The Labute approximate surface area is 102 Å². The van der Waals surface area contributed by atoms with Crippen LogP contribution in [0, 0.1) is 3.57 Å². The average Bonchev–Trinajstić information content (AvgIpc) is 2.47. The van der Waals surface area contributed by atoms with Gasteiger partial charge in [0, 0.05) is 23.0 Å². The van der Waals surface area contributed by atoms with Crippen molar-refractivity contribution in [3.8, 4) is 0 Å². The summed E-state index contributed by atoms with van der Waals surface area (Å²) < 4.78 is 3.54. The maximum Gasteiger partial charge on any atom is 0.0774 e. The van der Waals surface area contributed by atoms with Gasteiger partial charge in [0.1, 0.15) is 0 Å². The summed E-state index contributed by atoms with van der Waals surface area (Å²) >= 11 is 7.44. The highest BCUT2D eigenvalue weighted by Gasteiger charge is 2.05. The molecule has 0 saturated heterocycles. The van der Waals surface area contributed by atoms with Gasteiger partial charge >= 0.3 is 0 Å². The molecule has 68 valence electrons. The van der Waals surface area contributed by atoms with Gasteiger partial charge in [0.2, 0.25) is 0 Å². The molecule has 0 unspecified atom stereocenters. The van der Waals surface area contributed by atoms with Crippen LogP contribution < -0.4 is 0 Å². The van der Waals surface area contributed by atoms with Crippen molar-refractivity contribution in [3.63, 3.8) is 0 Å². The summed E-state index contributed by atoms with van der Waals surface area (Å²) in [5.74, 6) is 0. The number of aliphatic hydroxyl groups is 1. The van der Waals surface area contributed by atoms with Crippen LogP contribution in [0.25, 0.3) is 10.1 Å². The molecule has 0 aliphatic carbocycles. The first-order valence-electron chi connectivity index (χ1n) is 3.69. The van der Waals surface area contributed by atoms with Gasteiger partial charge in [-0.05, 0) is 40.8 Å². The zero-order valence-electron chi connectivity index (χ0n) is 6.55. The van der Waals surface area contributed by atoms with Crippen molar-refractivity contribution in [2.45, 2.75) is 6.61 Å². The van der Waals surface area contributed by atoms with E-state index in [2.05, 4.69) is 50.7 Å². The second kappa shape index (κ2) is 3.84. The summed E-state index contributed by atoms with van der Waals surface area (Å²) in [4.78, 5) is 1.01. The lowest BCUT2D eigenvalue weighted by atomic mass is 10.2. The highest BCUT2D eigenvalue weighted by atomic mass is 127. The van der Waals surface area contributed by atoms with E-state index in [1.165, 1.54) is 13.7 Å². The summed E-state index contributed by atoms with van der Waals surface area (Å²) in [6, 6.07) is 6.24. The number of hydrogen-bond donors (Lipinski definition) is 1. The fourth-order valence-electron chi connectivity index (χ4n) is 1.20. The van der Waals surface area contributed by atoms with Crippen LogP contribution in [0.4, 0.5) is 0 Å². The van der Waals surface area contributed by atoms with Gasteiger partial charge in [0.05, 0.1) is 6.61 Å². The molecule has 0 radical (unpaired) electrons. The smallest absolute Gasteiger partial charge is 0.0774 e.